The van der Waals surface area contributed by atoms with E-state index in [1.807, 2.05) is 0 Å². The minimum absolute atomic E-state index is 0. The van der Waals surface area contributed by atoms with Gasteiger partial charge in [-0.15, -0.1) is 12.4 Å². The quantitative estimate of drug-likeness (QED) is 0.805. The third kappa shape index (κ3) is 3.97. The molecule has 3 nitrogen and oxygen atoms in total. The molecule has 1 amide bonds. The molecule has 0 aromatic carbocycles. The van der Waals surface area contributed by atoms with E-state index < -0.39 is 0 Å². The number of nitrogens with zero attached hydrogens (tertiary/aromatic N) is 1. The zero-order chi connectivity index (χ0) is 15.0. The molecule has 4 atom stereocenters. The zero-order valence-electron chi connectivity index (χ0n) is 14.4. The van der Waals surface area contributed by atoms with Crippen LogP contribution in [0.25, 0.3) is 0 Å². The second-order valence-corrected chi connectivity index (χ2v) is 7.84. The lowest BCUT2D eigenvalue weighted by Gasteiger charge is -2.36. The summed E-state index contributed by atoms with van der Waals surface area (Å²) in [6, 6.07) is 2.36. The molecule has 1 N–H and O–H groups in total. The van der Waals surface area contributed by atoms with Crippen molar-refractivity contribution < 1.29 is 4.79 Å². The van der Waals surface area contributed by atoms with Crippen LogP contribution in [0.2, 0.25) is 0 Å². The predicted octanol–water partition coefficient (Wildman–Crippen LogP) is 3.75. The molecule has 3 aliphatic rings. The third-order valence-electron chi connectivity index (χ3n) is 6.17. The maximum Gasteiger partial charge on any atom is 0.223 e. The molecule has 128 valence electrons. The Bertz CT molecular complexity index is 373. The topological polar surface area (TPSA) is 32.3 Å². The molecule has 4 heteroatoms. The van der Waals surface area contributed by atoms with Crippen molar-refractivity contribution in [1.82, 2.24) is 10.2 Å². The van der Waals surface area contributed by atoms with Crippen LogP contribution < -0.4 is 5.32 Å². The van der Waals surface area contributed by atoms with Gasteiger partial charge in [0, 0.05) is 30.6 Å². The van der Waals surface area contributed by atoms with Gasteiger partial charge in [-0.1, -0.05) is 20.3 Å². The van der Waals surface area contributed by atoms with Crippen molar-refractivity contribution in [2.45, 2.75) is 96.3 Å². The van der Waals surface area contributed by atoms with E-state index >= 15 is 0 Å². The van der Waals surface area contributed by atoms with Gasteiger partial charge in [-0.05, 0) is 57.3 Å². The number of fused-ring (bicyclic) bond motifs is 2. The number of hydrogen-bond acceptors (Lipinski definition) is 2. The molecular formula is C18H33ClN2O. The molecule has 1 aliphatic carbocycles. The highest BCUT2D eigenvalue weighted by atomic mass is 35.5. The van der Waals surface area contributed by atoms with E-state index in [9.17, 15) is 4.79 Å². The van der Waals surface area contributed by atoms with Gasteiger partial charge < -0.3 is 10.2 Å². The number of carbonyl (C=O) groups excluding carboxylic acids is 1. The minimum atomic E-state index is 0. The molecule has 2 aliphatic heterocycles. The molecule has 2 bridgehead atoms. The van der Waals surface area contributed by atoms with Crippen LogP contribution in [-0.2, 0) is 4.79 Å². The van der Waals surface area contributed by atoms with Crippen LogP contribution >= 0.6 is 12.4 Å². The molecular weight excluding hydrogens is 296 g/mol. The van der Waals surface area contributed by atoms with Crippen LogP contribution in [0.15, 0.2) is 0 Å². The smallest absolute Gasteiger partial charge is 0.223 e. The maximum atomic E-state index is 12.9. The highest BCUT2D eigenvalue weighted by molar-refractivity contribution is 5.85. The number of hydrogen-bond donors (Lipinski definition) is 1. The number of halogens is 1. The van der Waals surface area contributed by atoms with Gasteiger partial charge in [0.1, 0.15) is 0 Å². The average molecular weight is 329 g/mol. The number of piperidine rings is 1. The Hall–Kier alpha value is -0.280. The summed E-state index contributed by atoms with van der Waals surface area (Å²) >= 11 is 0. The first-order valence-corrected chi connectivity index (χ1v) is 9.15. The second kappa shape index (κ2) is 7.53. The van der Waals surface area contributed by atoms with E-state index in [1.165, 1.54) is 38.5 Å². The molecule has 0 aromatic heterocycles. The monoisotopic (exact) mass is 328 g/mol. The standard InChI is InChI=1S/C18H32N2O.ClH/c1-4-12(2)13(3)20(17-7-8-17)18(21)11-14-9-15-5-6-16(10-14)19-15;/h12-17,19H,4-11H2,1-3H3;1H. The van der Waals surface area contributed by atoms with Crippen molar-refractivity contribution in [3.05, 3.63) is 0 Å². The molecule has 0 spiro atoms. The summed E-state index contributed by atoms with van der Waals surface area (Å²) in [5.74, 6) is 1.68. The fraction of sp³-hybridized carbons (Fsp3) is 0.944. The van der Waals surface area contributed by atoms with Gasteiger partial charge in [0.05, 0.1) is 0 Å². The third-order valence-corrected chi connectivity index (χ3v) is 6.17. The van der Waals surface area contributed by atoms with Gasteiger partial charge in [0.2, 0.25) is 5.91 Å². The first-order chi connectivity index (χ1) is 10.1. The summed E-state index contributed by atoms with van der Waals surface area (Å²) in [6.45, 7) is 6.79. The fourth-order valence-corrected chi connectivity index (χ4v) is 4.43. The summed E-state index contributed by atoms with van der Waals surface area (Å²) in [4.78, 5) is 15.2. The Morgan fingerprint density at radius 2 is 1.73 bits per heavy atom. The van der Waals surface area contributed by atoms with Crippen molar-refractivity contribution >= 4 is 18.3 Å². The Balaban J connectivity index is 0.00000176. The van der Waals surface area contributed by atoms with Crippen LogP contribution in [0.4, 0.5) is 0 Å². The van der Waals surface area contributed by atoms with Gasteiger partial charge in [-0.3, -0.25) is 4.79 Å². The van der Waals surface area contributed by atoms with Gasteiger partial charge in [-0.2, -0.15) is 0 Å². The highest BCUT2D eigenvalue weighted by Gasteiger charge is 2.39. The van der Waals surface area contributed by atoms with E-state index in [4.69, 9.17) is 0 Å². The van der Waals surface area contributed by atoms with Crippen LogP contribution in [-0.4, -0.2) is 35.0 Å². The molecule has 22 heavy (non-hydrogen) atoms. The van der Waals surface area contributed by atoms with Gasteiger partial charge in [0.15, 0.2) is 0 Å². The maximum absolute atomic E-state index is 12.9. The zero-order valence-corrected chi connectivity index (χ0v) is 15.2. The predicted molar refractivity (Wildman–Crippen MR) is 93.3 cm³/mol. The van der Waals surface area contributed by atoms with Gasteiger partial charge >= 0.3 is 0 Å². The molecule has 0 radical (unpaired) electrons. The Labute approximate surface area is 142 Å². The van der Waals surface area contributed by atoms with Gasteiger partial charge in [0.25, 0.3) is 0 Å². The molecule has 3 fully saturated rings. The summed E-state index contributed by atoms with van der Waals surface area (Å²) in [5, 5.41) is 3.68. The van der Waals surface area contributed by atoms with Crippen LogP contribution in [0.5, 0.6) is 0 Å². The second-order valence-electron chi connectivity index (χ2n) is 7.84. The van der Waals surface area contributed by atoms with E-state index in [2.05, 4.69) is 31.0 Å². The van der Waals surface area contributed by atoms with Crippen molar-refractivity contribution in [2.75, 3.05) is 0 Å². The number of amides is 1. The molecule has 2 heterocycles. The lowest BCUT2D eigenvalue weighted by atomic mass is 9.88. The normalized spacial score (nSPS) is 33.0. The summed E-state index contributed by atoms with van der Waals surface area (Å²) in [7, 11) is 0. The van der Waals surface area contributed by atoms with Crippen molar-refractivity contribution in [2.24, 2.45) is 11.8 Å². The van der Waals surface area contributed by atoms with Crippen LogP contribution in [0.3, 0.4) is 0 Å². The number of carbonyl (C=O) groups is 1. The SMILES string of the molecule is CCC(C)C(C)N(C(=O)CC1CC2CCC(C1)N2)C1CC1.Cl. The lowest BCUT2D eigenvalue weighted by Crippen LogP contribution is -2.45. The molecule has 3 rings (SSSR count). The molecule has 0 aromatic rings. The van der Waals surface area contributed by atoms with Crippen molar-refractivity contribution in [3.63, 3.8) is 0 Å². The average Bonchev–Trinajstić information content (AvgIpc) is 3.23. The van der Waals surface area contributed by atoms with E-state index in [0.717, 1.165) is 12.8 Å². The highest BCUT2D eigenvalue weighted by Crippen LogP contribution is 2.36. The number of rotatable bonds is 6. The largest absolute Gasteiger partial charge is 0.337 e. The Morgan fingerprint density at radius 1 is 1.14 bits per heavy atom. The Morgan fingerprint density at radius 3 is 2.23 bits per heavy atom. The van der Waals surface area contributed by atoms with Crippen molar-refractivity contribution in [3.8, 4) is 0 Å². The lowest BCUT2D eigenvalue weighted by molar-refractivity contribution is -0.136. The first-order valence-electron chi connectivity index (χ1n) is 9.15. The summed E-state index contributed by atoms with van der Waals surface area (Å²) < 4.78 is 0. The summed E-state index contributed by atoms with van der Waals surface area (Å²) in [5.41, 5.74) is 0. The van der Waals surface area contributed by atoms with Crippen LogP contribution in [0.1, 0.15) is 72.1 Å². The van der Waals surface area contributed by atoms with Crippen LogP contribution in [0, 0.1) is 11.8 Å². The molecule has 4 unspecified atom stereocenters. The number of nitrogens with one attached hydrogen (secondary N) is 1. The van der Waals surface area contributed by atoms with E-state index in [-0.39, 0.29) is 12.4 Å². The van der Waals surface area contributed by atoms with Gasteiger partial charge in [-0.25, -0.2) is 0 Å². The molecule has 2 saturated heterocycles. The summed E-state index contributed by atoms with van der Waals surface area (Å²) in [6.07, 6.45) is 9.50. The first kappa shape index (κ1) is 18.1. The van der Waals surface area contributed by atoms with E-state index in [1.54, 1.807) is 0 Å². The minimum Gasteiger partial charge on any atom is -0.337 e. The van der Waals surface area contributed by atoms with Crippen molar-refractivity contribution in [1.29, 1.82) is 0 Å². The van der Waals surface area contributed by atoms with E-state index in [0.29, 0.717) is 41.9 Å². The molecule has 1 saturated carbocycles. The Kier molecular flexibility index (Phi) is 6.18. The fourth-order valence-electron chi connectivity index (χ4n) is 4.43.